The molecule has 0 radical (unpaired) electrons. The summed E-state index contributed by atoms with van der Waals surface area (Å²) in [6.45, 7) is -0.0512. The number of nitro groups is 2. The maximum absolute atomic E-state index is 10.9. The smallest absolute Gasteiger partial charge is 0.358 e. The molecule has 2 aromatic rings. The number of aromatic nitrogens is 2. The second-order valence-corrected chi connectivity index (χ2v) is 4.63. The minimum absolute atomic E-state index is 0.0512. The molecule has 0 aliphatic heterocycles. The van der Waals surface area contributed by atoms with E-state index in [1.165, 1.54) is 24.4 Å². The lowest BCUT2D eigenvalue weighted by atomic mass is 10.2. The van der Waals surface area contributed by atoms with Crippen LogP contribution in [0.3, 0.4) is 0 Å². The molecule has 10 heteroatoms. The molecule has 0 atom stereocenters. The van der Waals surface area contributed by atoms with Crippen LogP contribution in [0.5, 0.6) is 0 Å². The highest BCUT2D eigenvalue weighted by Crippen LogP contribution is 2.26. The molecule has 0 aliphatic carbocycles. The van der Waals surface area contributed by atoms with E-state index in [-0.39, 0.29) is 22.8 Å². The summed E-state index contributed by atoms with van der Waals surface area (Å²) in [6, 6.07) is 4.06. The van der Waals surface area contributed by atoms with Crippen molar-refractivity contribution in [1.29, 1.82) is 0 Å². The predicted octanol–water partition coefficient (Wildman–Crippen LogP) is 3.05. The first-order valence-corrected chi connectivity index (χ1v) is 5.94. The van der Waals surface area contributed by atoms with Crippen LogP contribution in [0.15, 0.2) is 24.4 Å². The van der Waals surface area contributed by atoms with Gasteiger partial charge in [0.05, 0.1) is 28.3 Å². The normalized spacial score (nSPS) is 10.5. The first kappa shape index (κ1) is 14.2. The van der Waals surface area contributed by atoms with E-state index in [1.54, 1.807) is 0 Å². The molecule has 0 unspecified atom stereocenters. The molecular formula is C10H6Cl2N4O4. The summed E-state index contributed by atoms with van der Waals surface area (Å²) in [7, 11) is 0. The highest BCUT2D eigenvalue weighted by molar-refractivity contribution is 6.32. The van der Waals surface area contributed by atoms with Crippen LogP contribution in [0, 0.1) is 20.2 Å². The van der Waals surface area contributed by atoms with Crippen molar-refractivity contribution in [3.8, 4) is 0 Å². The van der Waals surface area contributed by atoms with E-state index < -0.39 is 15.7 Å². The second kappa shape index (κ2) is 5.43. The molecule has 0 spiro atoms. The van der Waals surface area contributed by atoms with E-state index >= 15 is 0 Å². The zero-order valence-electron chi connectivity index (χ0n) is 9.69. The Balaban J connectivity index is 2.39. The summed E-state index contributed by atoms with van der Waals surface area (Å²) < 4.78 is 1.15. The van der Waals surface area contributed by atoms with Crippen molar-refractivity contribution in [3.63, 3.8) is 0 Å². The summed E-state index contributed by atoms with van der Waals surface area (Å²) in [6.07, 6.45) is 1.23. The van der Waals surface area contributed by atoms with Crippen molar-refractivity contribution >= 4 is 34.7 Å². The van der Waals surface area contributed by atoms with E-state index in [2.05, 4.69) is 5.10 Å². The monoisotopic (exact) mass is 316 g/mol. The summed E-state index contributed by atoms with van der Waals surface area (Å²) in [5.41, 5.74) is 0.125. The fourth-order valence-corrected chi connectivity index (χ4v) is 2.04. The average Bonchev–Trinajstić information content (AvgIpc) is 2.70. The summed E-state index contributed by atoms with van der Waals surface area (Å²) in [5, 5.41) is 25.4. The molecule has 0 N–H and O–H groups in total. The lowest BCUT2D eigenvalue weighted by Crippen LogP contribution is -2.04. The van der Waals surface area contributed by atoms with Crippen molar-refractivity contribution in [3.05, 3.63) is 60.2 Å². The van der Waals surface area contributed by atoms with Gasteiger partial charge in [0.1, 0.15) is 0 Å². The van der Waals surface area contributed by atoms with Gasteiger partial charge in [-0.2, -0.15) is 4.68 Å². The fraction of sp³-hybridized carbons (Fsp3) is 0.100. The van der Waals surface area contributed by atoms with Crippen LogP contribution in [0.1, 0.15) is 5.56 Å². The van der Waals surface area contributed by atoms with E-state index in [0.29, 0.717) is 5.02 Å². The van der Waals surface area contributed by atoms with Gasteiger partial charge in [-0.25, -0.2) is 0 Å². The summed E-state index contributed by atoms with van der Waals surface area (Å²) in [5.74, 6) is -0.503. The van der Waals surface area contributed by atoms with E-state index in [4.69, 9.17) is 23.2 Å². The second-order valence-electron chi connectivity index (χ2n) is 3.79. The lowest BCUT2D eigenvalue weighted by Gasteiger charge is -2.01. The number of halogens is 2. The molecule has 2 rings (SSSR count). The van der Waals surface area contributed by atoms with E-state index in [0.717, 1.165) is 4.68 Å². The van der Waals surface area contributed by atoms with E-state index in [9.17, 15) is 20.2 Å². The van der Waals surface area contributed by atoms with Gasteiger partial charge in [-0.05, 0) is 17.1 Å². The Morgan fingerprint density at radius 1 is 1.20 bits per heavy atom. The number of benzene rings is 1. The van der Waals surface area contributed by atoms with Gasteiger partial charge in [0, 0.05) is 11.1 Å². The number of nitrogens with zero attached hydrogens (tertiary/aromatic N) is 4. The van der Waals surface area contributed by atoms with Crippen LogP contribution in [0.25, 0.3) is 0 Å². The minimum Gasteiger partial charge on any atom is -0.358 e. The van der Waals surface area contributed by atoms with Crippen molar-refractivity contribution in [1.82, 2.24) is 9.78 Å². The maximum atomic E-state index is 10.9. The Kier molecular flexibility index (Phi) is 3.86. The largest absolute Gasteiger partial charge is 0.408 e. The molecule has 0 saturated carbocycles. The van der Waals surface area contributed by atoms with Crippen molar-refractivity contribution < 1.29 is 9.85 Å². The van der Waals surface area contributed by atoms with Gasteiger partial charge in [-0.1, -0.05) is 23.2 Å². The lowest BCUT2D eigenvalue weighted by molar-refractivity contribution is -0.389. The Bertz CT molecular complexity index is 701. The van der Waals surface area contributed by atoms with E-state index in [1.807, 2.05) is 0 Å². The average molecular weight is 317 g/mol. The van der Waals surface area contributed by atoms with Gasteiger partial charge >= 0.3 is 5.82 Å². The standard InChI is InChI=1S/C10H6Cl2N4O4/c11-7-1-2-9(15(17)18)6(3-7)4-14-5-8(12)10(13-14)16(19)20/h1-3,5H,4H2. The molecule has 0 aliphatic rings. The number of hydrogen-bond acceptors (Lipinski definition) is 5. The molecule has 0 bridgehead atoms. The third-order valence-electron chi connectivity index (χ3n) is 2.44. The highest BCUT2D eigenvalue weighted by Gasteiger charge is 2.21. The number of rotatable bonds is 4. The molecular weight excluding hydrogens is 311 g/mol. The predicted molar refractivity (Wildman–Crippen MR) is 71.1 cm³/mol. The third-order valence-corrected chi connectivity index (χ3v) is 2.94. The number of hydrogen-bond donors (Lipinski definition) is 0. The topological polar surface area (TPSA) is 104 Å². The van der Waals surface area contributed by atoms with Gasteiger partial charge in [-0.15, -0.1) is 0 Å². The Morgan fingerprint density at radius 3 is 2.45 bits per heavy atom. The molecule has 0 fully saturated rings. The maximum Gasteiger partial charge on any atom is 0.408 e. The molecule has 1 aromatic carbocycles. The Labute approximate surface area is 121 Å². The highest BCUT2D eigenvalue weighted by atomic mass is 35.5. The minimum atomic E-state index is -0.731. The van der Waals surface area contributed by atoms with Gasteiger partial charge < -0.3 is 10.1 Å². The van der Waals surface area contributed by atoms with Crippen molar-refractivity contribution in [2.75, 3.05) is 0 Å². The SMILES string of the molecule is O=[N+]([O-])c1ccc(Cl)cc1Cn1cc(Cl)c([N+](=O)[O-])n1. The molecule has 8 nitrogen and oxygen atoms in total. The fourth-order valence-electron chi connectivity index (χ4n) is 1.62. The molecule has 0 saturated heterocycles. The van der Waals surface area contributed by atoms with Gasteiger partial charge in [0.2, 0.25) is 0 Å². The zero-order valence-corrected chi connectivity index (χ0v) is 11.2. The van der Waals surface area contributed by atoms with Gasteiger partial charge in [0.15, 0.2) is 5.02 Å². The van der Waals surface area contributed by atoms with Crippen LogP contribution in [0.2, 0.25) is 10.0 Å². The van der Waals surface area contributed by atoms with Crippen LogP contribution in [-0.4, -0.2) is 19.6 Å². The zero-order chi connectivity index (χ0) is 14.9. The summed E-state index contributed by atoms with van der Waals surface area (Å²) in [4.78, 5) is 20.2. The Morgan fingerprint density at radius 2 is 1.90 bits per heavy atom. The number of nitro benzene ring substituents is 1. The van der Waals surface area contributed by atoms with Crippen LogP contribution >= 0.6 is 23.2 Å². The van der Waals surface area contributed by atoms with Crippen LogP contribution in [-0.2, 0) is 6.54 Å². The van der Waals surface area contributed by atoms with Gasteiger partial charge in [0.25, 0.3) is 5.69 Å². The van der Waals surface area contributed by atoms with Crippen molar-refractivity contribution in [2.45, 2.75) is 6.54 Å². The molecule has 1 heterocycles. The third kappa shape index (κ3) is 2.86. The molecule has 104 valence electrons. The molecule has 20 heavy (non-hydrogen) atoms. The summed E-state index contributed by atoms with van der Waals surface area (Å²) >= 11 is 11.4. The molecule has 0 amide bonds. The Hall–Kier alpha value is -2.19. The van der Waals surface area contributed by atoms with Crippen LogP contribution in [0.4, 0.5) is 11.5 Å². The first-order chi connectivity index (χ1) is 9.38. The molecule has 1 aromatic heterocycles. The quantitative estimate of drug-likeness (QED) is 0.636. The van der Waals surface area contributed by atoms with Gasteiger partial charge in [-0.3, -0.25) is 10.1 Å². The van der Waals surface area contributed by atoms with Crippen molar-refractivity contribution in [2.24, 2.45) is 0 Å². The first-order valence-electron chi connectivity index (χ1n) is 5.18. The van der Waals surface area contributed by atoms with Crippen LogP contribution < -0.4 is 0 Å².